The van der Waals surface area contributed by atoms with Gasteiger partial charge in [0.2, 0.25) is 0 Å². The van der Waals surface area contributed by atoms with Crippen LogP contribution >= 0.6 is 0 Å². The van der Waals surface area contributed by atoms with Crippen LogP contribution in [0, 0.1) is 0 Å². The quantitative estimate of drug-likeness (QED) is 0.178. The minimum absolute atomic E-state index is 0.00264. The van der Waals surface area contributed by atoms with Crippen molar-refractivity contribution in [1.82, 2.24) is 0 Å². The molecule has 0 nitrogen and oxygen atoms in total. The maximum Gasteiger partial charge on any atom is 0.0633 e. The van der Waals surface area contributed by atoms with Crippen molar-refractivity contribution in [1.29, 1.82) is 0 Å². The maximum absolute atomic E-state index is 9.33. The van der Waals surface area contributed by atoms with Gasteiger partial charge in [-0.1, -0.05) is 163 Å². The van der Waals surface area contributed by atoms with E-state index in [1.165, 1.54) is 24.3 Å². The van der Waals surface area contributed by atoms with Crippen molar-refractivity contribution in [2.75, 3.05) is 0 Å². The van der Waals surface area contributed by atoms with Crippen LogP contribution in [-0.4, -0.2) is 0 Å². The van der Waals surface area contributed by atoms with Crippen LogP contribution in [0.15, 0.2) is 169 Å². The standard InChI is InChI=1S/C45H30/c1-3-13-30(14-4-1)32-25-26-38-36(27-32)29-35-19-12-24-37(44(35)38)33-17-11-18-34(28-33)45-41-22-9-7-20-39(41)43(31-15-5-2-6-16-31)40-21-8-10-23-42(40)45/h1-28H,29H2/i1D,2D,3D,4D,5D,6D,7D,8D,9D,10D,12D,13D,14D,15D,16D,19D,20D,21D,22D,23D,24D,25D,26D,27D. The van der Waals surface area contributed by atoms with Crippen LogP contribution in [-0.2, 0) is 6.42 Å². The van der Waals surface area contributed by atoms with E-state index in [0.29, 0.717) is 0 Å². The van der Waals surface area contributed by atoms with E-state index in [0.717, 1.165) is 0 Å². The summed E-state index contributed by atoms with van der Waals surface area (Å²) in [6.45, 7) is 0. The fourth-order valence-electron chi connectivity index (χ4n) is 5.91. The minimum Gasteiger partial charge on any atom is -0.0622 e. The predicted octanol–water partition coefficient (Wildman–Crippen LogP) is 12.2. The van der Waals surface area contributed by atoms with Crippen molar-refractivity contribution in [2.24, 2.45) is 0 Å². The number of rotatable bonds is 4. The van der Waals surface area contributed by atoms with E-state index < -0.39 is 178 Å². The number of benzene rings is 8. The summed E-state index contributed by atoms with van der Waals surface area (Å²) in [5.74, 6) is 0. The Kier molecular flexibility index (Phi) is 2.64. The fraction of sp³-hybridized carbons (Fsp3) is 0.0222. The van der Waals surface area contributed by atoms with Gasteiger partial charge in [-0.3, -0.25) is 0 Å². The average Bonchev–Trinajstić information content (AvgIpc) is 3.73. The van der Waals surface area contributed by atoms with Gasteiger partial charge in [0.15, 0.2) is 0 Å². The molecule has 0 N–H and O–H groups in total. The van der Waals surface area contributed by atoms with Crippen molar-refractivity contribution in [2.45, 2.75) is 6.42 Å². The van der Waals surface area contributed by atoms with Gasteiger partial charge in [0, 0.05) is 0 Å². The Bertz CT molecular complexity index is 3610. The summed E-state index contributed by atoms with van der Waals surface area (Å²) >= 11 is 0. The van der Waals surface area contributed by atoms with Crippen molar-refractivity contribution in [3.8, 4) is 55.6 Å². The molecule has 0 heteroatoms. The largest absolute Gasteiger partial charge is 0.0633 e. The molecule has 0 aromatic heterocycles. The molecule has 9 rings (SSSR count). The third-order valence-electron chi connectivity index (χ3n) is 7.76. The number of hydrogen-bond donors (Lipinski definition) is 0. The SMILES string of the molecule is [2H]c1c([2H])c([2H])c(-c2c([2H])c([2H])c3c(c2[2H])Cc2c([2H])c([2H])c([2H])c(-c4cccc(-c5c6c([2H])c([2H])c([2H])c([2H])c6c(-c6c([2H])c([2H])c([2H])c([2H])c6[2H])c6c([2H])c([2H])c([2H])c([2H])c56)c4)c2-3)c([2H])c1[2H]. The number of fused-ring (bicyclic) bond motifs is 5. The van der Waals surface area contributed by atoms with Gasteiger partial charge < -0.3 is 0 Å². The molecule has 8 aromatic carbocycles. The molecular formula is C45H30. The lowest BCUT2D eigenvalue weighted by Crippen LogP contribution is -1.91. The fourth-order valence-corrected chi connectivity index (χ4v) is 5.91. The summed E-state index contributed by atoms with van der Waals surface area (Å²) in [6.07, 6.45) is -0.306. The zero-order chi connectivity index (χ0) is 50.6. The molecular weight excluding hydrogens is 540 g/mol. The van der Waals surface area contributed by atoms with E-state index in [4.69, 9.17) is 23.3 Å². The second-order valence-corrected chi connectivity index (χ2v) is 10.2. The monoisotopic (exact) mass is 594 g/mol. The first-order chi connectivity index (χ1) is 32.3. The molecule has 0 bridgehead atoms. The van der Waals surface area contributed by atoms with Crippen LogP contribution in [0.3, 0.4) is 0 Å². The normalized spacial score (nSPS) is 19.4. The third kappa shape index (κ3) is 4.22. The van der Waals surface area contributed by atoms with Gasteiger partial charge >= 0.3 is 0 Å². The van der Waals surface area contributed by atoms with E-state index >= 15 is 0 Å². The first-order valence-electron chi connectivity index (χ1n) is 25.8. The lowest BCUT2D eigenvalue weighted by molar-refractivity contribution is 1.26. The van der Waals surface area contributed by atoms with Crippen LogP contribution in [0.1, 0.15) is 44.0 Å². The molecule has 210 valence electrons. The molecule has 0 atom stereocenters. The van der Waals surface area contributed by atoms with Crippen molar-refractivity contribution < 1.29 is 32.9 Å². The Morgan fingerprint density at radius 3 is 1.62 bits per heavy atom. The lowest BCUT2D eigenvalue weighted by atomic mass is 9.85. The van der Waals surface area contributed by atoms with E-state index in [2.05, 4.69) is 0 Å². The maximum atomic E-state index is 9.33. The summed E-state index contributed by atoms with van der Waals surface area (Å²) in [7, 11) is 0. The van der Waals surface area contributed by atoms with Crippen LogP contribution < -0.4 is 0 Å². The van der Waals surface area contributed by atoms with E-state index in [1.54, 1.807) is 0 Å². The molecule has 0 amide bonds. The van der Waals surface area contributed by atoms with Gasteiger partial charge in [-0.25, -0.2) is 0 Å². The summed E-state index contributed by atoms with van der Waals surface area (Å²) in [5, 5.41) is -1.62. The molecule has 1 aliphatic carbocycles. The second-order valence-electron chi connectivity index (χ2n) is 10.2. The predicted molar refractivity (Wildman–Crippen MR) is 191 cm³/mol. The average molecular weight is 595 g/mol. The highest BCUT2D eigenvalue weighted by molar-refractivity contribution is 6.21. The van der Waals surface area contributed by atoms with Crippen LogP contribution in [0.25, 0.3) is 77.2 Å². The smallest absolute Gasteiger partial charge is 0.0622 e. The van der Waals surface area contributed by atoms with Gasteiger partial charge in [-0.05, 0) is 101 Å². The molecule has 0 radical (unpaired) electrons. The van der Waals surface area contributed by atoms with Crippen molar-refractivity contribution >= 4 is 21.5 Å². The molecule has 0 saturated heterocycles. The van der Waals surface area contributed by atoms with Gasteiger partial charge in [0.1, 0.15) is 0 Å². The molecule has 1 aliphatic rings. The van der Waals surface area contributed by atoms with Gasteiger partial charge in [0.05, 0.1) is 32.9 Å². The second kappa shape index (κ2) is 10.5. The molecule has 8 aromatic rings. The van der Waals surface area contributed by atoms with E-state index in [-0.39, 0.29) is 61.7 Å². The Balaban J connectivity index is 1.43. The zero-order valence-electron chi connectivity index (χ0n) is 47.0. The summed E-state index contributed by atoms with van der Waals surface area (Å²) in [4.78, 5) is 0. The molecule has 0 saturated carbocycles. The Labute approximate surface area is 297 Å². The summed E-state index contributed by atoms with van der Waals surface area (Å²) < 4.78 is 212. The molecule has 0 heterocycles. The van der Waals surface area contributed by atoms with E-state index in [9.17, 15) is 9.60 Å². The Morgan fingerprint density at radius 1 is 0.378 bits per heavy atom. The molecule has 0 spiro atoms. The highest BCUT2D eigenvalue weighted by Crippen LogP contribution is 2.47. The highest BCUT2D eigenvalue weighted by Gasteiger charge is 2.23. The minimum atomic E-state index is -0.824. The van der Waals surface area contributed by atoms with Crippen molar-refractivity contribution in [3.63, 3.8) is 0 Å². The van der Waals surface area contributed by atoms with Crippen LogP contribution in [0.4, 0.5) is 0 Å². The zero-order valence-corrected chi connectivity index (χ0v) is 23.0. The first-order valence-corrected chi connectivity index (χ1v) is 13.8. The van der Waals surface area contributed by atoms with Crippen molar-refractivity contribution in [3.05, 3.63) is 180 Å². The number of hydrogen-bond acceptors (Lipinski definition) is 0. The van der Waals surface area contributed by atoms with E-state index in [1.807, 2.05) is 0 Å². The van der Waals surface area contributed by atoms with Crippen LogP contribution in [0.5, 0.6) is 0 Å². The van der Waals surface area contributed by atoms with Gasteiger partial charge in [-0.2, -0.15) is 0 Å². The molecule has 0 unspecified atom stereocenters. The Morgan fingerprint density at radius 2 is 0.956 bits per heavy atom. The van der Waals surface area contributed by atoms with Gasteiger partial charge in [0.25, 0.3) is 0 Å². The first kappa shape index (κ1) is 11.3. The molecule has 0 fully saturated rings. The highest BCUT2D eigenvalue weighted by atomic mass is 14.3. The van der Waals surface area contributed by atoms with Crippen LogP contribution in [0.2, 0.25) is 0 Å². The summed E-state index contributed by atoms with van der Waals surface area (Å²) in [5.41, 5.74) is -2.25. The summed E-state index contributed by atoms with van der Waals surface area (Å²) in [6, 6.07) is -11.5. The van der Waals surface area contributed by atoms with Gasteiger partial charge in [-0.15, -0.1) is 0 Å². The Hall–Kier alpha value is -5.72. The third-order valence-corrected chi connectivity index (χ3v) is 7.76. The topological polar surface area (TPSA) is 0 Å². The lowest BCUT2D eigenvalue weighted by Gasteiger charge is -2.18. The molecule has 0 aliphatic heterocycles. The molecule has 45 heavy (non-hydrogen) atoms.